The summed E-state index contributed by atoms with van der Waals surface area (Å²) < 4.78 is 15.2. The van der Waals surface area contributed by atoms with Crippen LogP contribution in [0, 0.1) is 5.82 Å². The lowest BCUT2D eigenvalue weighted by molar-refractivity contribution is 0.621. The maximum absolute atomic E-state index is 13.2. The van der Waals surface area contributed by atoms with E-state index in [0.29, 0.717) is 16.6 Å². The van der Waals surface area contributed by atoms with E-state index in [2.05, 4.69) is 15.2 Å². The van der Waals surface area contributed by atoms with E-state index in [1.807, 2.05) is 11.5 Å². The third kappa shape index (κ3) is 2.25. The van der Waals surface area contributed by atoms with Crippen molar-refractivity contribution in [1.82, 2.24) is 19.7 Å². The Kier molecular flexibility index (Phi) is 3.03. The van der Waals surface area contributed by atoms with Gasteiger partial charge in [0.15, 0.2) is 11.0 Å². The number of halogens is 1. The first-order chi connectivity index (χ1) is 8.78. The molecule has 0 radical (unpaired) electrons. The molecule has 0 amide bonds. The predicted molar refractivity (Wildman–Crippen MR) is 67.8 cm³/mol. The van der Waals surface area contributed by atoms with E-state index in [9.17, 15) is 4.39 Å². The molecule has 0 saturated heterocycles. The van der Waals surface area contributed by atoms with Crippen LogP contribution in [0.4, 0.5) is 4.39 Å². The van der Waals surface area contributed by atoms with Crippen LogP contribution in [0.2, 0.25) is 0 Å². The van der Waals surface area contributed by atoms with Crippen LogP contribution in [-0.2, 0) is 6.54 Å². The molecule has 6 heteroatoms. The molecule has 1 aliphatic carbocycles. The molecule has 1 saturated carbocycles. The smallest absolute Gasteiger partial charge is 0.191 e. The molecular weight excluding hydrogens is 251 g/mol. The highest BCUT2D eigenvalue weighted by Crippen LogP contribution is 2.39. The van der Waals surface area contributed by atoms with Gasteiger partial charge < -0.3 is 4.57 Å². The summed E-state index contributed by atoms with van der Waals surface area (Å²) in [6.45, 7) is 2.81. The van der Waals surface area contributed by atoms with Crippen LogP contribution in [0.25, 0.3) is 11.4 Å². The van der Waals surface area contributed by atoms with Crippen molar-refractivity contribution < 1.29 is 4.39 Å². The predicted octanol–water partition coefficient (Wildman–Crippen LogP) is 2.75. The van der Waals surface area contributed by atoms with Crippen LogP contribution >= 0.6 is 11.8 Å². The van der Waals surface area contributed by atoms with Gasteiger partial charge in [-0.15, -0.1) is 10.2 Å². The number of pyridine rings is 1. The van der Waals surface area contributed by atoms with E-state index >= 15 is 0 Å². The van der Waals surface area contributed by atoms with Gasteiger partial charge >= 0.3 is 0 Å². The Balaban J connectivity index is 1.98. The second kappa shape index (κ2) is 4.68. The zero-order valence-corrected chi connectivity index (χ0v) is 10.8. The van der Waals surface area contributed by atoms with Gasteiger partial charge in [0.05, 0.1) is 6.20 Å². The molecule has 2 aromatic rings. The van der Waals surface area contributed by atoms with E-state index in [1.54, 1.807) is 18.0 Å². The van der Waals surface area contributed by atoms with Gasteiger partial charge in [-0.25, -0.2) is 4.39 Å². The molecule has 1 fully saturated rings. The van der Waals surface area contributed by atoms with E-state index in [-0.39, 0.29) is 5.82 Å². The van der Waals surface area contributed by atoms with Crippen LogP contribution in [0.5, 0.6) is 0 Å². The molecule has 94 valence electrons. The lowest BCUT2D eigenvalue weighted by atomic mass is 10.2. The van der Waals surface area contributed by atoms with E-state index in [4.69, 9.17) is 0 Å². The number of aromatic nitrogens is 4. The molecule has 18 heavy (non-hydrogen) atoms. The Morgan fingerprint density at radius 2 is 2.22 bits per heavy atom. The number of nitrogens with zero attached hydrogens (tertiary/aromatic N) is 4. The maximum atomic E-state index is 13.2. The highest BCUT2D eigenvalue weighted by molar-refractivity contribution is 8.00. The Morgan fingerprint density at radius 3 is 2.89 bits per heavy atom. The van der Waals surface area contributed by atoms with Crippen LogP contribution in [0.3, 0.4) is 0 Å². The molecule has 0 spiro atoms. The van der Waals surface area contributed by atoms with Gasteiger partial charge in [-0.2, -0.15) is 0 Å². The Labute approximate surface area is 109 Å². The number of thioether (sulfide) groups is 1. The van der Waals surface area contributed by atoms with Gasteiger partial charge in [0.1, 0.15) is 5.82 Å². The van der Waals surface area contributed by atoms with Gasteiger partial charge in [0.25, 0.3) is 0 Å². The molecule has 0 bridgehead atoms. The van der Waals surface area contributed by atoms with Crippen LogP contribution in [0.15, 0.2) is 23.6 Å². The Bertz CT molecular complexity index is 565. The van der Waals surface area contributed by atoms with E-state index in [1.165, 1.54) is 25.1 Å². The van der Waals surface area contributed by atoms with Crippen molar-refractivity contribution in [3.05, 3.63) is 24.3 Å². The first-order valence-electron chi connectivity index (χ1n) is 5.98. The largest absolute Gasteiger partial charge is 0.302 e. The molecule has 0 unspecified atom stereocenters. The quantitative estimate of drug-likeness (QED) is 0.851. The summed E-state index contributed by atoms with van der Waals surface area (Å²) >= 11 is 1.76. The van der Waals surface area contributed by atoms with E-state index < -0.39 is 0 Å². The van der Waals surface area contributed by atoms with Gasteiger partial charge in [-0.1, -0.05) is 11.8 Å². The van der Waals surface area contributed by atoms with Crippen molar-refractivity contribution in [1.29, 1.82) is 0 Å². The molecular formula is C12H13FN4S. The lowest BCUT2D eigenvalue weighted by Gasteiger charge is -2.06. The molecule has 2 heterocycles. The fraction of sp³-hybridized carbons (Fsp3) is 0.417. The summed E-state index contributed by atoms with van der Waals surface area (Å²) in [5.74, 6) is 0.335. The van der Waals surface area contributed by atoms with Crippen molar-refractivity contribution in [2.45, 2.75) is 36.7 Å². The van der Waals surface area contributed by atoms with Crippen molar-refractivity contribution in [2.24, 2.45) is 0 Å². The maximum Gasteiger partial charge on any atom is 0.191 e. The molecule has 4 nitrogen and oxygen atoms in total. The van der Waals surface area contributed by atoms with Gasteiger partial charge in [-0.3, -0.25) is 4.98 Å². The summed E-state index contributed by atoms with van der Waals surface area (Å²) in [6, 6.07) is 1.44. The molecule has 0 aromatic carbocycles. The summed E-state index contributed by atoms with van der Waals surface area (Å²) in [7, 11) is 0. The molecule has 0 atom stereocenters. The molecule has 2 aromatic heterocycles. The minimum atomic E-state index is -0.352. The van der Waals surface area contributed by atoms with Crippen LogP contribution in [0.1, 0.15) is 19.8 Å². The number of hydrogen-bond acceptors (Lipinski definition) is 4. The second-order valence-corrected chi connectivity index (χ2v) is 5.53. The highest BCUT2D eigenvalue weighted by atomic mass is 32.2. The fourth-order valence-corrected chi connectivity index (χ4v) is 2.84. The SMILES string of the molecule is CCn1c(SC2CC2)nnc1-c1cncc(F)c1. The summed E-state index contributed by atoms with van der Waals surface area (Å²) in [5.41, 5.74) is 0.673. The topological polar surface area (TPSA) is 43.6 Å². The zero-order chi connectivity index (χ0) is 12.5. The first kappa shape index (κ1) is 11.6. The highest BCUT2D eigenvalue weighted by Gasteiger charge is 2.26. The average Bonchev–Trinajstić information content (AvgIpc) is 3.08. The summed E-state index contributed by atoms with van der Waals surface area (Å²) in [5, 5.41) is 9.96. The van der Waals surface area contributed by atoms with Gasteiger partial charge in [0, 0.05) is 23.6 Å². The van der Waals surface area contributed by atoms with Crippen molar-refractivity contribution >= 4 is 11.8 Å². The second-order valence-electron chi connectivity index (χ2n) is 4.26. The third-order valence-corrected chi connectivity index (χ3v) is 4.11. The first-order valence-corrected chi connectivity index (χ1v) is 6.86. The standard InChI is InChI=1S/C12H13FN4S/c1-2-17-11(8-5-9(13)7-14-6-8)15-16-12(17)18-10-3-4-10/h5-7,10H,2-4H2,1H3. The van der Waals surface area contributed by atoms with E-state index in [0.717, 1.165) is 11.7 Å². The number of rotatable bonds is 4. The molecule has 0 aliphatic heterocycles. The van der Waals surface area contributed by atoms with Crippen LogP contribution in [-0.4, -0.2) is 25.0 Å². The molecule has 3 rings (SSSR count). The average molecular weight is 264 g/mol. The fourth-order valence-electron chi connectivity index (χ4n) is 1.74. The minimum absolute atomic E-state index is 0.352. The van der Waals surface area contributed by atoms with Crippen molar-refractivity contribution in [2.75, 3.05) is 0 Å². The summed E-state index contributed by atoms with van der Waals surface area (Å²) in [6.07, 6.45) is 5.30. The van der Waals surface area contributed by atoms with Gasteiger partial charge in [0.2, 0.25) is 0 Å². The molecule has 0 N–H and O–H groups in total. The van der Waals surface area contributed by atoms with Crippen LogP contribution < -0.4 is 0 Å². The zero-order valence-electron chi connectivity index (χ0n) is 10.0. The van der Waals surface area contributed by atoms with Gasteiger partial charge in [-0.05, 0) is 25.8 Å². The summed E-state index contributed by atoms with van der Waals surface area (Å²) in [4.78, 5) is 3.86. The number of hydrogen-bond donors (Lipinski definition) is 0. The normalized spacial score (nSPS) is 15.0. The Morgan fingerprint density at radius 1 is 1.39 bits per heavy atom. The monoisotopic (exact) mass is 264 g/mol. The lowest BCUT2D eigenvalue weighted by Crippen LogP contribution is -2.00. The Hall–Kier alpha value is -1.43. The van der Waals surface area contributed by atoms with Crippen molar-refractivity contribution in [3.63, 3.8) is 0 Å². The molecule has 1 aliphatic rings. The van der Waals surface area contributed by atoms with Crippen molar-refractivity contribution in [3.8, 4) is 11.4 Å². The third-order valence-electron chi connectivity index (χ3n) is 2.79. The minimum Gasteiger partial charge on any atom is -0.302 e.